The van der Waals surface area contributed by atoms with Crippen molar-refractivity contribution in [2.75, 3.05) is 13.2 Å². The van der Waals surface area contributed by atoms with Crippen LogP contribution in [0.5, 0.6) is 0 Å². The molecule has 0 amide bonds. The Hall–Kier alpha value is -2.52. The lowest BCUT2D eigenvalue weighted by molar-refractivity contribution is -0.180. The zero-order chi connectivity index (χ0) is 22.3. The minimum atomic E-state index is -2.43. The normalized spacial score (nSPS) is 13.9. The number of hydrogen-bond acceptors (Lipinski definition) is 9. The molecule has 0 bridgehead atoms. The van der Waals surface area contributed by atoms with Gasteiger partial charge in [-0.1, -0.05) is 0 Å². The van der Waals surface area contributed by atoms with Crippen LogP contribution in [-0.4, -0.2) is 52.5 Å². The van der Waals surface area contributed by atoms with E-state index in [1.807, 2.05) is 0 Å². The third kappa shape index (κ3) is 6.23. The lowest BCUT2D eigenvalue weighted by Crippen LogP contribution is -2.54. The van der Waals surface area contributed by atoms with Gasteiger partial charge in [0, 0.05) is 18.8 Å². The Balaban J connectivity index is 3.35. The molecule has 1 aromatic heterocycles. The molecule has 1 atom stereocenters. The molecule has 0 aliphatic rings. The largest absolute Gasteiger partial charge is 0.465 e. The maximum Gasteiger partial charge on any atom is 0.353 e. The molecule has 9 heteroatoms. The highest BCUT2D eigenvalue weighted by Gasteiger charge is 2.52. The zero-order valence-electron chi connectivity index (χ0n) is 17.6. The van der Waals surface area contributed by atoms with E-state index >= 15 is 0 Å². The van der Waals surface area contributed by atoms with E-state index < -0.39 is 41.1 Å². The molecule has 0 aliphatic heterocycles. The quantitative estimate of drug-likeness (QED) is 0.266. The van der Waals surface area contributed by atoms with E-state index in [1.165, 1.54) is 24.5 Å². The molecule has 1 unspecified atom stereocenters. The molecule has 1 aromatic rings. The number of esters is 3. The van der Waals surface area contributed by atoms with Gasteiger partial charge in [-0.2, -0.15) is 0 Å². The van der Waals surface area contributed by atoms with Crippen molar-refractivity contribution >= 4 is 17.9 Å². The Bertz CT molecular complexity index is 693. The van der Waals surface area contributed by atoms with Gasteiger partial charge in [-0.05, 0) is 58.7 Å². The van der Waals surface area contributed by atoms with E-state index in [0.29, 0.717) is 0 Å². The van der Waals surface area contributed by atoms with Crippen molar-refractivity contribution < 1.29 is 33.7 Å². The number of nitrogens with zero attached hydrogens (tertiary/aromatic N) is 1. The zero-order valence-corrected chi connectivity index (χ0v) is 17.6. The van der Waals surface area contributed by atoms with Crippen LogP contribution in [0.25, 0.3) is 0 Å². The van der Waals surface area contributed by atoms with E-state index in [1.54, 1.807) is 34.6 Å². The molecule has 3 N–H and O–H groups in total. The molecule has 1 heterocycles. The Kier molecular flexibility index (Phi) is 8.28. The maximum atomic E-state index is 12.9. The molecule has 0 saturated carbocycles. The first-order valence-electron chi connectivity index (χ1n) is 9.40. The topological polar surface area (TPSA) is 138 Å². The third-order valence-corrected chi connectivity index (χ3v) is 4.05. The summed E-state index contributed by atoms with van der Waals surface area (Å²) in [4.78, 5) is 42.0. The first kappa shape index (κ1) is 24.5. The summed E-state index contributed by atoms with van der Waals surface area (Å²) in [6.07, 6.45) is 2.01. The van der Waals surface area contributed by atoms with Crippen LogP contribution in [-0.2, 0) is 34.0 Å². The molecular weight excluding hydrogens is 380 g/mol. The van der Waals surface area contributed by atoms with Crippen molar-refractivity contribution in [3.63, 3.8) is 0 Å². The van der Waals surface area contributed by atoms with E-state index in [9.17, 15) is 19.5 Å². The molecule has 162 valence electrons. The molecule has 0 fully saturated rings. The van der Waals surface area contributed by atoms with Crippen molar-refractivity contribution in [2.24, 2.45) is 5.73 Å². The lowest BCUT2D eigenvalue weighted by atomic mass is 9.75. The summed E-state index contributed by atoms with van der Waals surface area (Å²) in [5.74, 6) is -2.81. The Morgan fingerprint density at radius 2 is 1.45 bits per heavy atom. The number of pyridine rings is 1. The minimum absolute atomic E-state index is 0.0179. The maximum absolute atomic E-state index is 12.9. The highest BCUT2D eigenvalue weighted by molar-refractivity contribution is 6.06. The highest BCUT2D eigenvalue weighted by Crippen LogP contribution is 2.34. The molecule has 9 nitrogen and oxygen atoms in total. The van der Waals surface area contributed by atoms with E-state index in [4.69, 9.17) is 19.9 Å². The van der Waals surface area contributed by atoms with Gasteiger partial charge in [0.05, 0.1) is 13.2 Å². The molecular formula is C20H30N2O7. The number of ether oxygens (including phenoxy) is 3. The van der Waals surface area contributed by atoms with Crippen LogP contribution in [0.4, 0.5) is 0 Å². The average Bonchev–Trinajstić information content (AvgIpc) is 2.62. The number of nitrogens with two attached hydrogens (primary N) is 1. The second-order valence-electron chi connectivity index (χ2n) is 7.51. The fraction of sp³-hybridized carbons (Fsp3) is 0.600. The van der Waals surface area contributed by atoms with Gasteiger partial charge in [0.1, 0.15) is 5.60 Å². The predicted octanol–water partition coefficient (Wildman–Crippen LogP) is 1.21. The summed E-state index contributed by atoms with van der Waals surface area (Å²) in [5, 5.41) is 10.5. The average molecular weight is 410 g/mol. The molecule has 0 aliphatic carbocycles. The smallest absolute Gasteiger partial charge is 0.353 e. The van der Waals surface area contributed by atoms with E-state index in [-0.39, 0.29) is 25.2 Å². The number of rotatable bonds is 9. The summed E-state index contributed by atoms with van der Waals surface area (Å²) >= 11 is 0. The van der Waals surface area contributed by atoms with Crippen molar-refractivity contribution in [3.05, 3.63) is 30.1 Å². The Morgan fingerprint density at radius 1 is 0.966 bits per heavy atom. The number of carbonyl (C=O) groups excluding carboxylic acids is 3. The second-order valence-corrected chi connectivity index (χ2v) is 7.51. The van der Waals surface area contributed by atoms with Gasteiger partial charge >= 0.3 is 17.9 Å². The number of aromatic nitrogens is 1. The fourth-order valence-corrected chi connectivity index (χ4v) is 2.66. The summed E-state index contributed by atoms with van der Waals surface area (Å²) in [5.41, 5.74) is 0.787. The first-order chi connectivity index (χ1) is 13.4. The first-order valence-corrected chi connectivity index (χ1v) is 9.40. The number of hydrogen-bond donors (Lipinski definition) is 2. The van der Waals surface area contributed by atoms with Crippen LogP contribution in [0.3, 0.4) is 0 Å². The Labute approximate surface area is 170 Å². The van der Waals surface area contributed by atoms with Gasteiger partial charge in [-0.15, -0.1) is 0 Å². The standard InChI is InChI=1S/C20H30N2O7/c1-6-27-15(23)19(16(24)28-7-2,14-8-12-22-13-9-14)10-11-20(21,26)17(25)29-18(3,4)5/h8-9,12-13,26H,6-7,10-11,21H2,1-5H3. The van der Waals surface area contributed by atoms with Crippen LogP contribution in [0.15, 0.2) is 24.5 Å². The molecule has 0 radical (unpaired) electrons. The summed E-state index contributed by atoms with van der Waals surface area (Å²) < 4.78 is 15.4. The highest BCUT2D eigenvalue weighted by atomic mass is 16.6. The van der Waals surface area contributed by atoms with E-state index in [0.717, 1.165) is 0 Å². The van der Waals surface area contributed by atoms with Crippen LogP contribution in [0.2, 0.25) is 0 Å². The fourth-order valence-electron chi connectivity index (χ4n) is 2.66. The number of carbonyl (C=O) groups is 3. The molecule has 0 spiro atoms. The molecule has 0 aromatic carbocycles. The third-order valence-electron chi connectivity index (χ3n) is 4.05. The van der Waals surface area contributed by atoms with Gasteiger partial charge < -0.3 is 19.3 Å². The van der Waals surface area contributed by atoms with Crippen molar-refractivity contribution in [1.29, 1.82) is 0 Å². The van der Waals surface area contributed by atoms with Gasteiger partial charge in [0.25, 0.3) is 0 Å². The van der Waals surface area contributed by atoms with Crippen molar-refractivity contribution in [3.8, 4) is 0 Å². The SMILES string of the molecule is CCOC(=O)C(CCC(N)(O)C(=O)OC(C)(C)C)(C(=O)OCC)c1ccncc1. The summed E-state index contributed by atoms with van der Waals surface area (Å²) in [6, 6.07) is 2.94. The van der Waals surface area contributed by atoms with Crippen LogP contribution < -0.4 is 5.73 Å². The van der Waals surface area contributed by atoms with Crippen LogP contribution in [0.1, 0.15) is 53.0 Å². The lowest BCUT2D eigenvalue weighted by Gasteiger charge is -2.33. The number of aliphatic hydroxyl groups is 1. The van der Waals surface area contributed by atoms with E-state index in [2.05, 4.69) is 4.98 Å². The van der Waals surface area contributed by atoms with Gasteiger partial charge in [0.15, 0.2) is 5.41 Å². The van der Waals surface area contributed by atoms with Gasteiger partial charge in [0.2, 0.25) is 5.72 Å². The Morgan fingerprint density at radius 3 is 1.86 bits per heavy atom. The minimum Gasteiger partial charge on any atom is -0.465 e. The molecule has 0 saturated heterocycles. The predicted molar refractivity (Wildman–Crippen MR) is 103 cm³/mol. The van der Waals surface area contributed by atoms with Crippen molar-refractivity contribution in [1.82, 2.24) is 4.98 Å². The van der Waals surface area contributed by atoms with Gasteiger partial charge in [-0.25, -0.2) is 4.79 Å². The monoisotopic (exact) mass is 410 g/mol. The summed E-state index contributed by atoms with van der Waals surface area (Å²) in [7, 11) is 0. The van der Waals surface area contributed by atoms with Crippen LogP contribution >= 0.6 is 0 Å². The molecule has 1 rings (SSSR count). The summed E-state index contributed by atoms with van der Waals surface area (Å²) in [6.45, 7) is 8.10. The van der Waals surface area contributed by atoms with Crippen LogP contribution in [0, 0.1) is 0 Å². The van der Waals surface area contributed by atoms with Crippen molar-refractivity contribution in [2.45, 2.75) is 64.2 Å². The molecule has 29 heavy (non-hydrogen) atoms. The second kappa shape index (κ2) is 9.80. The van der Waals surface area contributed by atoms with Gasteiger partial charge in [-0.3, -0.25) is 20.3 Å².